The van der Waals surface area contributed by atoms with Crippen LogP contribution in [0.15, 0.2) is 24.3 Å². The maximum atomic E-state index is 10.6. The predicted molar refractivity (Wildman–Crippen MR) is 74.0 cm³/mol. The summed E-state index contributed by atoms with van der Waals surface area (Å²) in [5, 5.41) is 10.6. The van der Waals surface area contributed by atoms with Crippen LogP contribution in [0.1, 0.15) is 51.5 Å². The molecular formula is C16H24O2. The molecule has 1 aromatic rings. The molecule has 0 aliphatic carbocycles. The minimum absolute atomic E-state index is 0.326. The van der Waals surface area contributed by atoms with Gasteiger partial charge in [0.2, 0.25) is 0 Å². The molecule has 0 saturated heterocycles. The van der Waals surface area contributed by atoms with E-state index in [1.54, 1.807) is 0 Å². The summed E-state index contributed by atoms with van der Waals surface area (Å²) in [5.74, 6) is 1.74. The first-order valence-electron chi connectivity index (χ1n) is 6.98. The van der Waals surface area contributed by atoms with E-state index in [4.69, 9.17) is 4.74 Å². The summed E-state index contributed by atoms with van der Waals surface area (Å²) >= 11 is 0. The van der Waals surface area contributed by atoms with Gasteiger partial charge >= 0.3 is 0 Å². The molecule has 0 bridgehead atoms. The smallest absolute Gasteiger partial charge is 0.122 e. The molecule has 2 nitrogen and oxygen atoms in total. The lowest BCUT2D eigenvalue weighted by molar-refractivity contribution is -0.0123. The second kappa shape index (κ2) is 5.31. The fraction of sp³-hybridized carbons (Fsp3) is 0.625. The molecule has 100 valence electrons. The maximum absolute atomic E-state index is 10.6. The Balaban J connectivity index is 2.16. The van der Waals surface area contributed by atoms with Crippen LogP contribution in [0.2, 0.25) is 0 Å². The number of para-hydroxylation sites is 1. The van der Waals surface area contributed by atoms with Crippen LogP contribution >= 0.6 is 0 Å². The number of benzene rings is 1. The van der Waals surface area contributed by atoms with E-state index in [0.29, 0.717) is 11.8 Å². The molecule has 0 fully saturated rings. The first kappa shape index (κ1) is 13.4. The van der Waals surface area contributed by atoms with Gasteiger partial charge in [0.1, 0.15) is 5.75 Å². The lowest BCUT2D eigenvalue weighted by Gasteiger charge is -2.35. The van der Waals surface area contributed by atoms with Crippen LogP contribution in [0.4, 0.5) is 0 Å². The SMILES string of the molecule is CCC(C)C(C)(O)CC1CCOc2ccccc21. The first-order valence-corrected chi connectivity index (χ1v) is 6.98. The number of aliphatic hydroxyl groups is 1. The van der Waals surface area contributed by atoms with Gasteiger partial charge in [0.25, 0.3) is 0 Å². The third kappa shape index (κ3) is 2.69. The standard InChI is InChI=1S/C16H24O2/c1-4-12(2)16(3,17)11-13-9-10-18-15-8-6-5-7-14(13)15/h5-8,12-13,17H,4,9-11H2,1-3H3. The van der Waals surface area contributed by atoms with E-state index in [2.05, 4.69) is 26.0 Å². The van der Waals surface area contributed by atoms with Gasteiger partial charge in [-0.25, -0.2) is 0 Å². The minimum atomic E-state index is -0.593. The van der Waals surface area contributed by atoms with Crippen molar-refractivity contribution in [1.29, 1.82) is 0 Å². The lowest BCUT2D eigenvalue weighted by Crippen LogP contribution is -2.35. The van der Waals surface area contributed by atoms with Gasteiger partial charge in [-0.05, 0) is 43.2 Å². The van der Waals surface area contributed by atoms with E-state index in [0.717, 1.165) is 31.6 Å². The van der Waals surface area contributed by atoms with Crippen molar-refractivity contribution in [3.8, 4) is 5.75 Å². The van der Waals surface area contributed by atoms with Crippen molar-refractivity contribution in [1.82, 2.24) is 0 Å². The van der Waals surface area contributed by atoms with E-state index in [1.165, 1.54) is 5.56 Å². The fourth-order valence-corrected chi connectivity index (χ4v) is 2.77. The molecule has 0 amide bonds. The number of ether oxygens (including phenoxy) is 1. The Morgan fingerprint density at radius 3 is 2.89 bits per heavy atom. The van der Waals surface area contributed by atoms with Crippen LogP contribution < -0.4 is 4.74 Å². The van der Waals surface area contributed by atoms with E-state index >= 15 is 0 Å². The van der Waals surface area contributed by atoms with Crippen LogP contribution in [0.25, 0.3) is 0 Å². The van der Waals surface area contributed by atoms with Crippen molar-refractivity contribution in [3.63, 3.8) is 0 Å². The van der Waals surface area contributed by atoms with Crippen molar-refractivity contribution < 1.29 is 9.84 Å². The molecule has 1 aliphatic heterocycles. The highest BCUT2D eigenvalue weighted by molar-refractivity contribution is 5.37. The Morgan fingerprint density at radius 2 is 2.17 bits per heavy atom. The number of hydrogen-bond acceptors (Lipinski definition) is 2. The number of hydrogen-bond donors (Lipinski definition) is 1. The third-order valence-corrected chi connectivity index (χ3v) is 4.42. The monoisotopic (exact) mass is 248 g/mol. The second-order valence-electron chi connectivity index (χ2n) is 5.74. The molecule has 3 unspecified atom stereocenters. The van der Waals surface area contributed by atoms with Gasteiger partial charge in [0, 0.05) is 0 Å². The summed E-state index contributed by atoms with van der Waals surface area (Å²) in [6, 6.07) is 8.22. The average molecular weight is 248 g/mol. The highest BCUT2D eigenvalue weighted by Crippen LogP contribution is 2.40. The minimum Gasteiger partial charge on any atom is -0.493 e. The molecular weight excluding hydrogens is 224 g/mol. The third-order valence-electron chi connectivity index (χ3n) is 4.42. The lowest BCUT2D eigenvalue weighted by atomic mass is 9.77. The molecule has 0 saturated carbocycles. The fourth-order valence-electron chi connectivity index (χ4n) is 2.77. The zero-order valence-corrected chi connectivity index (χ0v) is 11.6. The summed E-state index contributed by atoms with van der Waals surface area (Å²) < 4.78 is 5.67. The van der Waals surface area contributed by atoms with Crippen molar-refractivity contribution in [3.05, 3.63) is 29.8 Å². The van der Waals surface area contributed by atoms with Gasteiger partial charge in [-0.1, -0.05) is 38.5 Å². The van der Waals surface area contributed by atoms with Gasteiger partial charge in [-0.3, -0.25) is 0 Å². The molecule has 0 aromatic heterocycles. The molecule has 1 N–H and O–H groups in total. The van der Waals surface area contributed by atoms with Crippen LogP contribution in [-0.2, 0) is 0 Å². The Morgan fingerprint density at radius 1 is 1.44 bits per heavy atom. The maximum Gasteiger partial charge on any atom is 0.122 e. The molecule has 3 atom stereocenters. The summed E-state index contributed by atoms with van der Waals surface area (Å²) in [5.41, 5.74) is 0.663. The summed E-state index contributed by atoms with van der Waals surface area (Å²) in [6.07, 6.45) is 2.84. The average Bonchev–Trinajstić information content (AvgIpc) is 2.38. The molecule has 2 heteroatoms. The molecule has 0 radical (unpaired) electrons. The van der Waals surface area contributed by atoms with Gasteiger partial charge < -0.3 is 9.84 Å². The molecule has 1 aromatic carbocycles. The quantitative estimate of drug-likeness (QED) is 0.879. The molecule has 1 aliphatic rings. The molecule has 1 heterocycles. The van der Waals surface area contributed by atoms with Crippen molar-refractivity contribution in [2.45, 2.75) is 51.6 Å². The summed E-state index contributed by atoms with van der Waals surface area (Å²) in [4.78, 5) is 0. The summed E-state index contributed by atoms with van der Waals surface area (Å²) in [7, 11) is 0. The van der Waals surface area contributed by atoms with Crippen molar-refractivity contribution in [2.75, 3.05) is 6.61 Å². The van der Waals surface area contributed by atoms with Crippen LogP contribution in [0, 0.1) is 5.92 Å². The van der Waals surface area contributed by atoms with E-state index in [1.807, 2.05) is 19.1 Å². The Kier molecular flexibility index (Phi) is 3.96. The highest BCUT2D eigenvalue weighted by Gasteiger charge is 2.33. The zero-order valence-electron chi connectivity index (χ0n) is 11.6. The Bertz CT molecular complexity index is 398. The van der Waals surface area contributed by atoms with Gasteiger partial charge in [-0.2, -0.15) is 0 Å². The van der Waals surface area contributed by atoms with Gasteiger partial charge in [0.15, 0.2) is 0 Å². The van der Waals surface area contributed by atoms with E-state index in [9.17, 15) is 5.11 Å². The largest absolute Gasteiger partial charge is 0.493 e. The number of fused-ring (bicyclic) bond motifs is 1. The van der Waals surface area contributed by atoms with Gasteiger partial charge in [0.05, 0.1) is 12.2 Å². The Labute approximate surface area is 110 Å². The van der Waals surface area contributed by atoms with Crippen LogP contribution in [0.5, 0.6) is 5.75 Å². The predicted octanol–water partition coefficient (Wildman–Crippen LogP) is 3.74. The molecule has 2 rings (SSSR count). The number of rotatable bonds is 4. The van der Waals surface area contributed by atoms with Crippen LogP contribution in [0.3, 0.4) is 0 Å². The summed E-state index contributed by atoms with van der Waals surface area (Å²) in [6.45, 7) is 7.00. The zero-order chi connectivity index (χ0) is 13.2. The topological polar surface area (TPSA) is 29.5 Å². The normalized spacial score (nSPS) is 23.7. The molecule has 18 heavy (non-hydrogen) atoms. The van der Waals surface area contributed by atoms with E-state index < -0.39 is 5.60 Å². The van der Waals surface area contributed by atoms with Crippen LogP contribution in [-0.4, -0.2) is 17.3 Å². The molecule has 0 spiro atoms. The first-order chi connectivity index (χ1) is 8.54. The highest BCUT2D eigenvalue weighted by atomic mass is 16.5. The van der Waals surface area contributed by atoms with Gasteiger partial charge in [-0.15, -0.1) is 0 Å². The van der Waals surface area contributed by atoms with Crippen molar-refractivity contribution in [2.24, 2.45) is 5.92 Å². The Hall–Kier alpha value is -1.02. The second-order valence-corrected chi connectivity index (χ2v) is 5.74. The van der Waals surface area contributed by atoms with Crippen molar-refractivity contribution >= 4 is 0 Å². The van der Waals surface area contributed by atoms with E-state index in [-0.39, 0.29) is 0 Å².